The number of aromatic nitrogens is 2. The van der Waals surface area contributed by atoms with Gasteiger partial charge < -0.3 is 9.64 Å². The van der Waals surface area contributed by atoms with Crippen LogP contribution in [0.4, 0.5) is 10.2 Å². The summed E-state index contributed by atoms with van der Waals surface area (Å²) in [6.45, 7) is 4.29. The lowest BCUT2D eigenvalue weighted by Crippen LogP contribution is -2.63. The van der Waals surface area contributed by atoms with Crippen LogP contribution < -0.4 is 9.64 Å². The highest BCUT2D eigenvalue weighted by Gasteiger charge is 2.42. The van der Waals surface area contributed by atoms with Gasteiger partial charge in [-0.2, -0.15) is 0 Å². The molecule has 174 valence electrons. The number of methoxy groups -OCH3 is 1. The first kappa shape index (κ1) is 21.5. The summed E-state index contributed by atoms with van der Waals surface area (Å²) in [5, 5.41) is 0. The normalized spacial score (nSPS) is 21.2. The molecule has 0 spiro atoms. The summed E-state index contributed by atoms with van der Waals surface area (Å²) < 4.78 is 20.0. The summed E-state index contributed by atoms with van der Waals surface area (Å²) in [5.74, 6) is 1.72. The van der Waals surface area contributed by atoms with Crippen molar-refractivity contribution in [2.24, 2.45) is 0 Å². The van der Waals surface area contributed by atoms with Crippen molar-refractivity contribution < 1.29 is 9.13 Å². The SMILES string of the molecule is COc1cccc([C@H](C)N2CC3CCC2CN3c2ncnc3cc(-c4ccc(F)cc4)sc23)c1. The molecule has 2 aromatic carbocycles. The van der Waals surface area contributed by atoms with Crippen LogP contribution in [0.25, 0.3) is 20.7 Å². The second-order valence-electron chi connectivity index (χ2n) is 9.22. The fraction of sp³-hybridized carbons (Fsp3) is 0.333. The van der Waals surface area contributed by atoms with Gasteiger partial charge in [0.25, 0.3) is 0 Å². The monoisotopic (exact) mass is 474 g/mol. The van der Waals surface area contributed by atoms with E-state index in [2.05, 4.69) is 46.0 Å². The maximum Gasteiger partial charge on any atom is 0.150 e. The zero-order chi connectivity index (χ0) is 23.2. The Labute approximate surface area is 202 Å². The molecule has 0 aliphatic carbocycles. The van der Waals surface area contributed by atoms with Crippen molar-refractivity contribution in [2.75, 3.05) is 25.1 Å². The van der Waals surface area contributed by atoms with Gasteiger partial charge in [-0.05, 0) is 61.2 Å². The number of anilines is 1. The number of hydrogen-bond donors (Lipinski definition) is 0. The van der Waals surface area contributed by atoms with E-state index in [-0.39, 0.29) is 5.82 Å². The third kappa shape index (κ3) is 3.73. The summed E-state index contributed by atoms with van der Waals surface area (Å²) in [6, 6.07) is 18.4. The van der Waals surface area contributed by atoms with E-state index < -0.39 is 0 Å². The van der Waals surface area contributed by atoms with E-state index in [0.29, 0.717) is 18.1 Å². The molecule has 34 heavy (non-hydrogen) atoms. The van der Waals surface area contributed by atoms with Gasteiger partial charge in [0.1, 0.15) is 23.7 Å². The van der Waals surface area contributed by atoms with Crippen molar-refractivity contribution in [1.29, 1.82) is 0 Å². The topological polar surface area (TPSA) is 41.5 Å². The Morgan fingerprint density at radius 1 is 1.03 bits per heavy atom. The summed E-state index contributed by atoms with van der Waals surface area (Å²) in [4.78, 5) is 15.5. The summed E-state index contributed by atoms with van der Waals surface area (Å²) >= 11 is 1.70. The van der Waals surface area contributed by atoms with Gasteiger partial charge in [-0.25, -0.2) is 14.4 Å². The Bertz CT molecular complexity index is 1320. The van der Waals surface area contributed by atoms with Gasteiger partial charge in [-0.3, -0.25) is 4.90 Å². The first-order valence-corrected chi connectivity index (χ1v) is 12.6. The molecule has 3 aliphatic heterocycles. The van der Waals surface area contributed by atoms with E-state index in [9.17, 15) is 4.39 Å². The second-order valence-corrected chi connectivity index (χ2v) is 10.3. The Morgan fingerprint density at radius 3 is 2.62 bits per heavy atom. The number of hydrogen-bond acceptors (Lipinski definition) is 6. The second kappa shape index (κ2) is 8.64. The molecule has 3 atom stereocenters. The molecule has 5 heterocycles. The van der Waals surface area contributed by atoms with Crippen molar-refractivity contribution in [1.82, 2.24) is 14.9 Å². The minimum Gasteiger partial charge on any atom is -0.497 e. The van der Waals surface area contributed by atoms with Gasteiger partial charge in [0, 0.05) is 36.1 Å². The number of piperidine rings is 2. The van der Waals surface area contributed by atoms with Crippen molar-refractivity contribution in [3.63, 3.8) is 0 Å². The minimum atomic E-state index is -0.220. The molecule has 2 aromatic heterocycles. The number of nitrogens with zero attached hydrogens (tertiary/aromatic N) is 4. The van der Waals surface area contributed by atoms with E-state index >= 15 is 0 Å². The Kier molecular flexibility index (Phi) is 5.46. The smallest absolute Gasteiger partial charge is 0.150 e. The third-order valence-corrected chi connectivity index (χ3v) is 8.51. The number of rotatable bonds is 5. The summed E-state index contributed by atoms with van der Waals surface area (Å²) in [7, 11) is 1.72. The molecule has 0 amide bonds. The van der Waals surface area contributed by atoms with Crippen LogP contribution in [-0.2, 0) is 0 Å². The number of halogens is 1. The average Bonchev–Trinajstić information content (AvgIpc) is 3.33. The maximum atomic E-state index is 13.4. The maximum absolute atomic E-state index is 13.4. The van der Waals surface area contributed by atoms with Gasteiger partial charge in [0.15, 0.2) is 0 Å². The van der Waals surface area contributed by atoms with Crippen LogP contribution in [-0.4, -0.2) is 47.2 Å². The molecule has 3 saturated heterocycles. The molecular formula is C27H27FN4OS. The third-order valence-electron chi connectivity index (χ3n) is 7.34. The number of fused-ring (bicyclic) bond motifs is 4. The largest absolute Gasteiger partial charge is 0.497 e. The molecule has 0 radical (unpaired) electrons. The van der Waals surface area contributed by atoms with E-state index in [0.717, 1.165) is 45.3 Å². The van der Waals surface area contributed by atoms with Crippen molar-refractivity contribution in [2.45, 2.75) is 37.9 Å². The minimum absolute atomic E-state index is 0.220. The first-order valence-electron chi connectivity index (χ1n) is 11.8. The zero-order valence-electron chi connectivity index (χ0n) is 19.3. The number of benzene rings is 2. The van der Waals surface area contributed by atoms with Crippen molar-refractivity contribution >= 4 is 27.4 Å². The van der Waals surface area contributed by atoms with E-state index in [1.807, 2.05) is 18.2 Å². The standard InChI is InChI=1S/C27H27FN4OS/c1-17(19-4-3-5-23(12-19)33-2)31-14-22-11-10-21(31)15-32(22)27-26-24(29-16-30-27)13-25(34-26)18-6-8-20(28)9-7-18/h3-9,12-13,16-17,21-22H,10-11,14-15H2,1-2H3/t17-,21?,22?/m0/s1. The van der Waals surface area contributed by atoms with Crippen molar-refractivity contribution in [3.05, 3.63) is 72.3 Å². The molecule has 7 heteroatoms. The van der Waals surface area contributed by atoms with Crippen LogP contribution in [0.5, 0.6) is 5.75 Å². The lowest BCUT2D eigenvalue weighted by molar-refractivity contribution is 0.0597. The molecule has 0 saturated carbocycles. The highest BCUT2D eigenvalue weighted by Crippen LogP contribution is 2.42. The number of piperazine rings is 1. The predicted octanol–water partition coefficient (Wildman–Crippen LogP) is 5.92. The van der Waals surface area contributed by atoms with Crippen LogP contribution >= 0.6 is 11.3 Å². The fourth-order valence-electron chi connectivity index (χ4n) is 5.49. The quantitative estimate of drug-likeness (QED) is 0.359. The predicted molar refractivity (Wildman–Crippen MR) is 135 cm³/mol. The van der Waals surface area contributed by atoms with Crippen LogP contribution in [0.1, 0.15) is 31.4 Å². The average molecular weight is 475 g/mol. The lowest BCUT2D eigenvalue weighted by Gasteiger charge is -2.54. The fourth-order valence-corrected chi connectivity index (χ4v) is 6.61. The molecule has 2 unspecified atom stereocenters. The van der Waals surface area contributed by atoms with E-state index in [1.54, 1.807) is 24.8 Å². The molecule has 4 aromatic rings. The summed E-state index contributed by atoms with van der Waals surface area (Å²) in [6.07, 6.45) is 4.06. The molecular weight excluding hydrogens is 447 g/mol. The highest BCUT2D eigenvalue weighted by atomic mass is 32.1. The van der Waals surface area contributed by atoms with E-state index in [1.165, 1.54) is 30.5 Å². The van der Waals surface area contributed by atoms with Gasteiger partial charge in [-0.15, -0.1) is 11.3 Å². The van der Waals surface area contributed by atoms with Crippen LogP contribution in [0.3, 0.4) is 0 Å². The summed E-state index contributed by atoms with van der Waals surface area (Å²) in [5.41, 5.74) is 3.26. The van der Waals surface area contributed by atoms with Crippen LogP contribution in [0.2, 0.25) is 0 Å². The van der Waals surface area contributed by atoms with Gasteiger partial charge in [0.2, 0.25) is 0 Å². The Hall–Kier alpha value is -3.03. The van der Waals surface area contributed by atoms with Gasteiger partial charge >= 0.3 is 0 Å². The van der Waals surface area contributed by atoms with Crippen LogP contribution in [0, 0.1) is 5.82 Å². The Balaban J connectivity index is 1.28. The zero-order valence-corrected chi connectivity index (χ0v) is 20.1. The highest BCUT2D eigenvalue weighted by molar-refractivity contribution is 7.22. The molecule has 2 bridgehead atoms. The number of ether oxygens (including phenoxy) is 1. The van der Waals surface area contributed by atoms with Crippen molar-refractivity contribution in [3.8, 4) is 16.2 Å². The first-order chi connectivity index (χ1) is 16.6. The van der Waals surface area contributed by atoms with Gasteiger partial charge in [-0.1, -0.05) is 24.3 Å². The number of thiophene rings is 1. The Morgan fingerprint density at radius 2 is 1.85 bits per heavy atom. The van der Waals surface area contributed by atoms with Crippen LogP contribution in [0.15, 0.2) is 60.9 Å². The molecule has 7 rings (SSSR count). The lowest BCUT2D eigenvalue weighted by atomic mass is 9.88. The molecule has 0 N–H and O–H groups in total. The molecule has 3 fully saturated rings. The molecule has 3 aliphatic rings. The van der Waals surface area contributed by atoms with E-state index in [4.69, 9.17) is 9.72 Å². The van der Waals surface area contributed by atoms with Gasteiger partial charge in [0.05, 0.1) is 17.3 Å². The molecule has 5 nitrogen and oxygen atoms in total.